The number of aromatic nitrogens is 1. The van der Waals surface area contributed by atoms with E-state index in [2.05, 4.69) is 27.3 Å². The van der Waals surface area contributed by atoms with E-state index in [9.17, 15) is 4.79 Å². The van der Waals surface area contributed by atoms with Crippen molar-refractivity contribution < 1.29 is 4.79 Å². The Bertz CT molecular complexity index is 681. The van der Waals surface area contributed by atoms with Crippen LogP contribution in [0.2, 0.25) is 5.02 Å². The molecular formula is C19H22ClN3OS. The van der Waals surface area contributed by atoms with Gasteiger partial charge in [0.05, 0.1) is 10.8 Å². The zero-order valence-corrected chi connectivity index (χ0v) is 15.6. The van der Waals surface area contributed by atoms with E-state index in [-0.39, 0.29) is 11.9 Å². The lowest BCUT2D eigenvalue weighted by molar-refractivity contribution is -0.119. The molecule has 1 saturated heterocycles. The average molecular weight is 376 g/mol. The van der Waals surface area contributed by atoms with Crippen molar-refractivity contribution >= 4 is 29.3 Å². The number of thioether (sulfide) groups is 1. The zero-order chi connectivity index (χ0) is 17.5. The van der Waals surface area contributed by atoms with Crippen LogP contribution in [0.15, 0.2) is 53.7 Å². The summed E-state index contributed by atoms with van der Waals surface area (Å²) in [6, 6.07) is 13.9. The highest BCUT2D eigenvalue weighted by Gasteiger charge is 2.21. The number of hydrogen-bond donors (Lipinski definition) is 1. The lowest BCUT2D eigenvalue weighted by Crippen LogP contribution is -2.47. The molecule has 4 nitrogen and oxygen atoms in total. The van der Waals surface area contributed by atoms with Gasteiger partial charge in [0.2, 0.25) is 5.91 Å². The van der Waals surface area contributed by atoms with Crippen molar-refractivity contribution in [2.75, 3.05) is 18.8 Å². The van der Waals surface area contributed by atoms with Gasteiger partial charge in [-0.2, -0.15) is 0 Å². The van der Waals surface area contributed by atoms with Crippen molar-refractivity contribution in [1.29, 1.82) is 0 Å². The molecule has 1 atom stereocenters. The highest BCUT2D eigenvalue weighted by Crippen LogP contribution is 2.17. The van der Waals surface area contributed by atoms with Gasteiger partial charge in [0.1, 0.15) is 0 Å². The Morgan fingerprint density at radius 3 is 2.88 bits per heavy atom. The Morgan fingerprint density at radius 1 is 1.28 bits per heavy atom. The molecule has 6 heteroatoms. The third-order valence-corrected chi connectivity index (χ3v) is 5.37. The third kappa shape index (κ3) is 6.03. The SMILES string of the molecule is O=C(CSc1ccccn1)N[C@H]1CCCN(Cc2ccc(Cl)cc2)C1. The summed E-state index contributed by atoms with van der Waals surface area (Å²) >= 11 is 7.41. The predicted molar refractivity (Wildman–Crippen MR) is 103 cm³/mol. The topological polar surface area (TPSA) is 45.2 Å². The summed E-state index contributed by atoms with van der Waals surface area (Å²) in [6.45, 7) is 2.85. The van der Waals surface area contributed by atoms with Crippen molar-refractivity contribution in [3.8, 4) is 0 Å². The van der Waals surface area contributed by atoms with Crippen molar-refractivity contribution in [3.63, 3.8) is 0 Å². The van der Waals surface area contributed by atoms with Crippen LogP contribution in [0.3, 0.4) is 0 Å². The van der Waals surface area contributed by atoms with Crippen LogP contribution in [-0.4, -0.2) is 40.7 Å². The van der Waals surface area contributed by atoms with Gasteiger partial charge in [-0.15, -0.1) is 0 Å². The number of nitrogens with one attached hydrogen (secondary N) is 1. The molecule has 1 aromatic heterocycles. The molecule has 3 rings (SSSR count). The van der Waals surface area contributed by atoms with Crippen LogP contribution in [0, 0.1) is 0 Å². The van der Waals surface area contributed by atoms with Gasteiger partial charge in [0, 0.05) is 30.4 Å². The summed E-state index contributed by atoms with van der Waals surface area (Å²) in [4.78, 5) is 18.8. The first-order valence-corrected chi connectivity index (χ1v) is 9.85. The number of halogens is 1. The summed E-state index contributed by atoms with van der Waals surface area (Å²) in [5, 5.41) is 4.81. The highest BCUT2D eigenvalue weighted by molar-refractivity contribution is 7.99. The van der Waals surface area contributed by atoms with E-state index in [0.29, 0.717) is 5.75 Å². The van der Waals surface area contributed by atoms with Crippen molar-refractivity contribution in [2.24, 2.45) is 0 Å². The number of piperidine rings is 1. The smallest absolute Gasteiger partial charge is 0.230 e. The largest absolute Gasteiger partial charge is 0.351 e. The summed E-state index contributed by atoms with van der Waals surface area (Å²) in [6.07, 6.45) is 3.89. The first-order chi connectivity index (χ1) is 12.2. The molecule has 0 aliphatic carbocycles. The second-order valence-corrected chi connectivity index (χ2v) is 7.66. The van der Waals surface area contributed by atoms with E-state index < -0.39 is 0 Å². The van der Waals surface area contributed by atoms with Crippen LogP contribution in [0.25, 0.3) is 0 Å². The number of carbonyl (C=O) groups is 1. The maximum absolute atomic E-state index is 12.2. The number of pyridine rings is 1. The zero-order valence-electron chi connectivity index (χ0n) is 14.0. The minimum absolute atomic E-state index is 0.0778. The first kappa shape index (κ1) is 18.2. The van der Waals surface area contributed by atoms with Gasteiger partial charge < -0.3 is 5.32 Å². The van der Waals surface area contributed by atoms with Gasteiger partial charge in [0.15, 0.2) is 0 Å². The fraction of sp³-hybridized carbons (Fsp3) is 0.368. The van der Waals surface area contributed by atoms with Gasteiger partial charge in [-0.25, -0.2) is 4.98 Å². The number of carbonyl (C=O) groups excluding carboxylic acids is 1. The Balaban J connectivity index is 1.44. The molecule has 1 amide bonds. The average Bonchev–Trinajstić information content (AvgIpc) is 2.63. The molecule has 1 N–H and O–H groups in total. The van der Waals surface area contributed by atoms with E-state index in [1.54, 1.807) is 6.20 Å². The number of rotatable bonds is 6. The summed E-state index contributed by atoms with van der Waals surface area (Å²) in [5.41, 5.74) is 1.25. The van der Waals surface area contributed by atoms with Gasteiger partial charge in [-0.3, -0.25) is 9.69 Å². The minimum atomic E-state index is 0.0778. The van der Waals surface area contributed by atoms with Crippen molar-refractivity contribution in [2.45, 2.75) is 30.5 Å². The summed E-state index contributed by atoms with van der Waals surface area (Å²) < 4.78 is 0. The molecule has 132 valence electrons. The van der Waals surface area contributed by atoms with Crippen LogP contribution < -0.4 is 5.32 Å². The first-order valence-electron chi connectivity index (χ1n) is 8.49. The standard InChI is InChI=1S/C19H22ClN3OS/c20-16-8-6-15(7-9-16)12-23-11-3-4-17(13-23)22-18(24)14-25-19-5-1-2-10-21-19/h1-2,5-10,17H,3-4,11-14H2,(H,22,24)/t17-/m0/s1. The Labute approximate surface area is 158 Å². The van der Waals surface area contributed by atoms with E-state index in [1.807, 2.05) is 30.3 Å². The van der Waals surface area contributed by atoms with Crippen LogP contribution in [0.4, 0.5) is 0 Å². The number of likely N-dealkylation sites (tertiary alicyclic amines) is 1. The Kier molecular flexibility index (Phi) is 6.73. The molecule has 0 radical (unpaired) electrons. The molecule has 1 fully saturated rings. The molecule has 1 aromatic carbocycles. The maximum atomic E-state index is 12.2. The summed E-state index contributed by atoms with van der Waals surface area (Å²) in [5.74, 6) is 0.485. The highest BCUT2D eigenvalue weighted by atomic mass is 35.5. The number of nitrogens with zero attached hydrogens (tertiary/aromatic N) is 2. The van der Waals surface area contributed by atoms with Gasteiger partial charge in [-0.1, -0.05) is 41.6 Å². The second-order valence-electron chi connectivity index (χ2n) is 6.22. The molecule has 0 spiro atoms. The molecular weight excluding hydrogens is 354 g/mol. The van der Waals surface area contributed by atoms with Crippen LogP contribution in [0.1, 0.15) is 18.4 Å². The molecule has 2 heterocycles. The molecule has 0 bridgehead atoms. The van der Waals surface area contributed by atoms with Crippen molar-refractivity contribution in [1.82, 2.24) is 15.2 Å². The van der Waals surface area contributed by atoms with Crippen LogP contribution >= 0.6 is 23.4 Å². The lowest BCUT2D eigenvalue weighted by Gasteiger charge is -2.33. The fourth-order valence-electron chi connectivity index (χ4n) is 3.01. The molecule has 1 aliphatic heterocycles. The predicted octanol–water partition coefficient (Wildman–Crippen LogP) is 3.61. The fourth-order valence-corrected chi connectivity index (χ4v) is 3.80. The van der Waals surface area contributed by atoms with E-state index in [4.69, 9.17) is 11.6 Å². The van der Waals surface area contributed by atoms with Gasteiger partial charge in [-0.05, 0) is 49.2 Å². The monoisotopic (exact) mass is 375 g/mol. The Hall–Kier alpha value is -1.56. The van der Waals surface area contributed by atoms with E-state index in [1.165, 1.54) is 17.3 Å². The molecule has 2 aromatic rings. The maximum Gasteiger partial charge on any atom is 0.230 e. The number of hydrogen-bond acceptors (Lipinski definition) is 4. The molecule has 0 saturated carbocycles. The lowest BCUT2D eigenvalue weighted by atomic mass is 10.0. The van der Waals surface area contributed by atoms with Gasteiger partial charge >= 0.3 is 0 Å². The molecule has 1 aliphatic rings. The minimum Gasteiger partial charge on any atom is -0.351 e. The van der Waals surface area contributed by atoms with Gasteiger partial charge in [0.25, 0.3) is 0 Å². The molecule has 0 unspecified atom stereocenters. The number of amides is 1. The van der Waals surface area contributed by atoms with E-state index in [0.717, 1.165) is 42.5 Å². The Morgan fingerprint density at radius 2 is 2.12 bits per heavy atom. The van der Waals surface area contributed by atoms with Crippen LogP contribution in [-0.2, 0) is 11.3 Å². The summed E-state index contributed by atoms with van der Waals surface area (Å²) in [7, 11) is 0. The van der Waals surface area contributed by atoms with Crippen LogP contribution in [0.5, 0.6) is 0 Å². The third-order valence-electron chi connectivity index (χ3n) is 4.18. The van der Waals surface area contributed by atoms with Crippen molar-refractivity contribution in [3.05, 3.63) is 59.2 Å². The normalized spacial score (nSPS) is 18.0. The van der Waals surface area contributed by atoms with E-state index >= 15 is 0 Å². The second kappa shape index (κ2) is 9.22. The number of benzene rings is 1. The quantitative estimate of drug-likeness (QED) is 0.783. The molecule has 25 heavy (non-hydrogen) atoms.